The minimum Gasteiger partial charge on any atom is -0.457 e. The van der Waals surface area contributed by atoms with Crippen LogP contribution >= 0.6 is 0 Å². The van der Waals surface area contributed by atoms with Gasteiger partial charge in [-0.25, -0.2) is 0 Å². The Morgan fingerprint density at radius 3 is 2.43 bits per heavy atom. The molecule has 2 aliphatic carbocycles. The smallest absolute Gasteiger partial charge is 0.303 e. The van der Waals surface area contributed by atoms with Gasteiger partial charge in [0.1, 0.15) is 17.1 Å². The Labute approximate surface area is 219 Å². The van der Waals surface area contributed by atoms with E-state index in [2.05, 4.69) is 5.32 Å². The summed E-state index contributed by atoms with van der Waals surface area (Å²) in [5.74, 6) is -2.90. The monoisotopic (exact) mass is 509 g/mol. The number of carbonyl (C=O) groups excluding carboxylic acids is 3. The van der Waals surface area contributed by atoms with Gasteiger partial charge < -0.3 is 20.3 Å². The second kappa shape index (κ2) is 10.2. The average molecular weight is 510 g/mol. The molecule has 10 atom stereocenters. The van der Waals surface area contributed by atoms with E-state index in [4.69, 9.17) is 4.74 Å². The Kier molecular flexibility index (Phi) is 7.50. The molecule has 7 nitrogen and oxygen atoms in total. The maximum absolute atomic E-state index is 14.2. The number of ketones is 1. The Morgan fingerprint density at radius 2 is 1.78 bits per heavy atom. The van der Waals surface area contributed by atoms with Gasteiger partial charge in [0.05, 0.1) is 6.10 Å². The minimum atomic E-state index is -1.80. The highest BCUT2D eigenvalue weighted by molar-refractivity contribution is 5.91. The molecule has 0 unspecified atom stereocenters. The van der Waals surface area contributed by atoms with E-state index in [-0.39, 0.29) is 35.5 Å². The fraction of sp³-hybridized carbons (Fsp3) is 0.567. The highest BCUT2D eigenvalue weighted by Crippen LogP contribution is 2.59. The van der Waals surface area contributed by atoms with Crippen LogP contribution in [0.5, 0.6) is 0 Å². The van der Waals surface area contributed by atoms with E-state index in [1.165, 1.54) is 26.0 Å². The molecule has 37 heavy (non-hydrogen) atoms. The zero-order valence-electron chi connectivity index (χ0n) is 22.3. The lowest BCUT2D eigenvalue weighted by Crippen LogP contribution is -2.62. The molecule has 0 bridgehead atoms. The Morgan fingerprint density at radius 1 is 1.11 bits per heavy atom. The molecule has 200 valence electrons. The number of carbonyl (C=O) groups is 3. The molecule has 1 heterocycles. The van der Waals surface area contributed by atoms with E-state index >= 15 is 0 Å². The summed E-state index contributed by atoms with van der Waals surface area (Å²) in [6, 6.07) is 9.65. The first-order chi connectivity index (χ1) is 17.4. The third-order valence-corrected chi connectivity index (χ3v) is 8.99. The van der Waals surface area contributed by atoms with E-state index in [0.29, 0.717) is 12.8 Å². The van der Waals surface area contributed by atoms with Crippen LogP contribution in [0.15, 0.2) is 54.6 Å². The summed E-state index contributed by atoms with van der Waals surface area (Å²) < 4.78 is 5.84. The van der Waals surface area contributed by atoms with Gasteiger partial charge >= 0.3 is 5.97 Å². The van der Waals surface area contributed by atoms with Crippen molar-refractivity contribution in [1.82, 2.24) is 5.32 Å². The molecule has 1 aliphatic heterocycles. The van der Waals surface area contributed by atoms with E-state index in [9.17, 15) is 24.6 Å². The van der Waals surface area contributed by atoms with E-state index in [0.717, 1.165) is 5.56 Å². The maximum atomic E-state index is 14.2. The maximum Gasteiger partial charge on any atom is 0.303 e. The van der Waals surface area contributed by atoms with Gasteiger partial charge in [0.25, 0.3) is 0 Å². The quantitative estimate of drug-likeness (QED) is 0.427. The van der Waals surface area contributed by atoms with Crippen LogP contribution in [0.4, 0.5) is 0 Å². The van der Waals surface area contributed by atoms with Gasteiger partial charge in [-0.05, 0) is 49.3 Å². The lowest BCUT2D eigenvalue weighted by atomic mass is 9.50. The third kappa shape index (κ3) is 4.68. The fourth-order valence-electron chi connectivity index (χ4n) is 6.98. The summed E-state index contributed by atoms with van der Waals surface area (Å²) in [6.45, 7) is 8.47. The van der Waals surface area contributed by atoms with Crippen molar-refractivity contribution < 1.29 is 29.3 Å². The number of Topliss-reactive ketones (excluding diaryl/α,β-unsaturated/α-hetero) is 1. The van der Waals surface area contributed by atoms with Crippen LogP contribution in [-0.2, 0) is 25.5 Å². The summed E-state index contributed by atoms with van der Waals surface area (Å²) in [5, 5.41) is 25.8. The number of aliphatic hydroxyl groups is 2. The zero-order valence-corrected chi connectivity index (χ0v) is 22.3. The Bertz CT molecular complexity index is 1090. The Balaban J connectivity index is 1.94. The lowest BCUT2D eigenvalue weighted by molar-refractivity contribution is -0.177. The second-order valence-electron chi connectivity index (χ2n) is 11.4. The number of nitrogens with one attached hydrogen (secondary N) is 1. The molecule has 0 radical (unpaired) electrons. The molecule has 1 aromatic carbocycles. The summed E-state index contributed by atoms with van der Waals surface area (Å²) in [5.41, 5.74) is -2.06. The predicted octanol–water partition coefficient (Wildman–Crippen LogP) is 3.00. The second-order valence-corrected chi connectivity index (χ2v) is 11.4. The summed E-state index contributed by atoms with van der Waals surface area (Å²) in [6.07, 6.45) is 5.47. The Hall–Kier alpha value is -2.77. The van der Waals surface area contributed by atoms with Crippen LogP contribution in [0.2, 0.25) is 0 Å². The first-order valence-electron chi connectivity index (χ1n) is 13.2. The van der Waals surface area contributed by atoms with E-state index < -0.39 is 41.0 Å². The number of rotatable bonds is 3. The number of amides is 1. The van der Waals surface area contributed by atoms with Crippen LogP contribution in [0, 0.1) is 35.0 Å². The van der Waals surface area contributed by atoms with Crippen molar-refractivity contribution in [1.29, 1.82) is 0 Å². The minimum absolute atomic E-state index is 0.0926. The molecular formula is C30H39NO6. The van der Waals surface area contributed by atoms with Crippen molar-refractivity contribution in [2.24, 2.45) is 35.0 Å². The standard InChI is InChI=1S/C30H39NO6/c1-17-10-9-13-22-26(33)19(3)18(2)25-23(16-21-11-7-6-8-12-21)31-28(35)30(22,25)24(37-20(4)32)14-15-29(5,36)27(17)34/h6-9,11-15,17-19,22-26,33,36H,10,16H2,1-5H3,(H,31,35)/b13-9+,15-14+/t17-,18+,19+,22-,23-,24+,25-,26+,29+,30+/m0/s1. The lowest BCUT2D eigenvalue weighted by Gasteiger charge is -2.54. The molecule has 1 saturated heterocycles. The number of ether oxygens (including phenoxy) is 1. The van der Waals surface area contributed by atoms with Gasteiger partial charge in [0, 0.05) is 30.7 Å². The van der Waals surface area contributed by atoms with Crippen molar-refractivity contribution in [3.05, 3.63) is 60.2 Å². The van der Waals surface area contributed by atoms with Gasteiger partial charge in [0.2, 0.25) is 5.91 Å². The molecule has 1 amide bonds. The molecule has 2 fully saturated rings. The molecule has 1 saturated carbocycles. The number of allylic oxidation sites excluding steroid dienone is 1. The van der Waals surface area contributed by atoms with Crippen molar-refractivity contribution >= 4 is 17.7 Å². The number of benzene rings is 1. The number of esters is 1. The van der Waals surface area contributed by atoms with Crippen LogP contribution in [0.1, 0.15) is 46.6 Å². The molecule has 0 aromatic heterocycles. The zero-order chi connectivity index (χ0) is 27.1. The van der Waals surface area contributed by atoms with Gasteiger partial charge in [-0.2, -0.15) is 0 Å². The fourth-order valence-corrected chi connectivity index (χ4v) is 6.98. The van der Waals surface area contributed by atoms with Crippen LogP contribution in [0.3, 0.4) is 0 Å². The van der Waals surface area contributed by atoms with Crippen molar-refractivity contribution in [2.75, 3.05) is 0 Å². The molecule has 4 rings (SSSR count). The predicted molar refractivity (Wildman–Crippen MR) is 139 cm³/mol. The normalized spacial score (nSPS) is 43.5. The van der Waals surface area contributed by atoms with Gasteiger partial charge in [-0.3, -0.25) is 14.4 Å². The average Bonchev–Trinajstić information content (AvgIpc) is 3.13. The van der Waals surface area contributed by atoms with E-state index in [1.54, 1.807) is 6.92 Å². The third-order valence-electron chi connectivity index (χ3n) is 8.99. The molecule has 1 aromatic rings. The highest BCUT2D eigenvalue weighted by atomic mass is 16.5. The van der Waals surface area contributed by atoms with Crippen molar-refractivity contribution in [2.45, 2.75) is 71.3 Å². The number of aliphatic hydroxyl groups excluding tert-OH is 1. The molecule has 3 N–H and O–H groups in total. The highest BCUT2D eigenvalue weighted by Gasteiger charge is 2.69. The van der Waals surface area contributed by atoms with Crippen LogP contribution < -0.4 is 5.32 Å². The van der Waals surface area contributed by atoms with Crippen molar-refractivity contribution in [3.8, 4) is 0 Å². The largest absolute Gasteiger partial charge is 0.457 e. The molecular weight excluding hydrogens is 470 g/mol. The topological polar surface area (TPSA) is 113 Å². The molecule has 3 aliphatic rings. The summed E-state index contributed by atoms with van der Waals surface area (Å²) >= 11 is 0. The SMILES string of the molecule is CC(=O)O[C@@H]1/C=C/[C@@](C)(O)C(=O)[C@@H](C)C/C=C/[C@H]2[C@H](O)[C@H](C)[C@@H](C)[C@H]3[C@H](Cc4ccccc4)NC(=O)[C@@]312. The number of hydrogen-bond acceptors (Lipinski definition) is 6. The summed E-state index contributed by atoms with van der Waals surface area (Å²) in [4.78, 5) is 39.5. The van der Waals surface area contributed by atoms with Gasteiger partial charge in [-0.1, -0.05) is 63.3 Å². The summed E-state index contributed by atoms with van der Waals surface area (Å²) in [7, 11) is 0. The van der Waals surface area contributed by atoms with Crippen LogP contribution in [0.25, 0.3) is 0 Å². The van der Waals surface area contributed by atoms with E-state index in [1.807, 2.05) is 56.3 Å². The van der Waals surface area contributed by atoms with Gasteiger partial charge in [0.15, 0.2) is 5.78 Å². The molecule has 1 spiro atoms. The van der Waals surface area contributed by atoms with Crippen LogP contribution in [-0.4, -0.2) is 51.7 Å². The number of hydrogen-bond donors (Lipinski definition) is 3. The molecule has 7 heteroatoms. The first-order valence-corrected chi connectivity index (χ1v) is 13.2. The first kappa shape index (κ1) is 27.3. The van der Waals surface area contributed by atoms with Gasteiger partial charge in [-0.15, -0.1) is 0 Å². The van der Waals surface area contributed by atoms with Crippen molar-refractivity contribution in [3.63, 3.8) is 0 Å².